The predicted octanol–water partition coefficient (Wildman–Crippen LogP) is 3.20. The molecule has 2 aromatic rings. The van der Waals surface area contributed by atoms with Crippen molar-refractivity contribution in [3.05, 3.63) is 48.0 Å². The first kappa shape index (κ1) is 15.4. The molecule has 0 radical (unpaired) electrons. The molecule has 6 heteroatoms. The van der Waals surface area contributed by atoms with E-state index in [1.54, 1.807) is 18.3 Å². The maximum absolute atomic E-state index is 12.3. The average Bonchev–Trinajstić information content (AvgIpc) is 2.92. The molecule has 114 valence electrons. The van der Waals surface area contributed by atoms with Crippen LogP contribution in [-0.2, 0) is 6.54 Å². The fraction of sp³-hybridized carbons (Fsp3) is 0.400. The molecule has 1 heterocycles. The lowest BCUT2D eigenvalue weighted by Gasteiger charge is -2.19. The van der Waals surface area contributed by atoms with Crippen LogP contribution in [0.3, 0.4) is 0 Å². The van der Waals surface area contributed by atoms with Crippen molar-refractivity contribution in [2.45, 2.75) is 33.0 Å². The van der Waals surface area contributed by atoms with Gasteiger partial charge in [0.1, 0.15) is 11.6 Å². The minimum absolute atomic E-state index is 0.153. The Kier molecular flexibility index (Phi) is 5.27. The predicted molar refractivity (Wildman–Crippen MR) is 76.5 cm³/mol. The van der Waals surface area contributed by atoms with E-state index >= 15 is 0 Å². The third kappa shape index (κ3) is 3.78. The molecule has 1 aromatic carbocycles. The number of nitrogens with zero attached hydrogens (tertiary/aromatic N) is 2. The number of halogens is 2. The zero-order valence-corrected chi connectivity index (χ0v) is 12.1. The van der Waals surface area contributed by atoms with Crippen molar-refractivity contribution in [2.75, 3.05) is 6.54 Å². The van der Waals surface area contributed by atoms with E-state index in [9.17, 15) is 8.78 Å². The van der Waals surface area contributed by atoms with E-state index in [4.69, 9.17) is 0 Å². The summed E-state index contributed by atoms with van der Waals surface area (Å²) in [6.07, 6.45) is 3.64. The molecule has 0 saturated heterocycles. The van der Waals surface area contributed by atoms with Crippen molar-refractivity contribution >= 4 is 0 Å². The van der Waals surface area contributed by atoms with Crippen LogP contribution in [0.2, 0.25) is 0 Å². The Morgan fingerprint density at radius 3 is 2.81 bits per heavy atom. The molecule has 0 aliphatic rings. The quantitative estimate of drug-likeness (QED) is 0.852. The third-order valence-corrected chi connectivity index (χ3v) is 3.17. The molecule has 1 N–H and O–H groups in total. The standard InChI is InChI=1S/C15H19F2N3O/c1-3-18-13(14-19-8-9-20(14)4-2)11-6-5-7-12(10-11)21-15(16)17/h5-10,13,15,18H,3-4H2,1-2H3. The highest BCUT2D eigenvalue weighted by molar-refractivity contribution is 5.33. The summed E-state index contributed by atoms with van der Waals surface area (Å²) < 4.78 is 31.2. The molecule has 0 aliphatic heterocycles. The van der Waals surface area contributed by atoms with Crippen LogP contribution < -0.4 is 10.1 Å². The number of hydrogen-bond acceptors (Lipinski definition) is 3. The number of aromatic nitrogens is 2. The van der Waals surface area contributed by atoms with E-state index in [1.807, 2.05) is 30.7 Å². The van der Waals surface area contributed by atoms with Crippen molar-refractivity contribution in [3.63, 3.8) is 0 Å². The highest BCUT2D eigenvalue weighted by Crippen LogP contribution is 2.25. The van der Waals surface area contributed by atoms with Gasteiger partial charge in [-0.2, -0.15) is 8.78 Å². The number of aryl methyl sites for hydroxylation is 1. The maximum atomic E-state index is 12.3. The van der Waals surface area contributed by atoms with Crippen LogP contribution in [0.1, 0.15) is 31.3 Å². The summed E-state index contributed by atoms with van der Waals surface area (Å²) in [5.74, 6) is 1.01. The number of rotatable bonds is 7. The fourth-order valence-corrected chi connectivity index (χ4v) is 2.28. The monoisotopic (exact) mass is 295 g/mol. The van der Waals surface area contributed by atoms with Gasteiger partial charge >= 0.3 is 6.61 Å². The average molecular weight is 295 g/mol. The van der Waals surface area contributed by atoms with Crippen molar-refractivity contribution in [1.29, 1.82) is 0 Å². The van der Waals surface area contributed by atoms with Gasteiger partial charge in [-0.25, -0.2) is 4.98 Å². The summed E-state index contributed by atoms with van der Waals surface area (Å²) in [4.78, 5) is 4.38. The van der Waals surface area contributed by atoms with Crippen LogP contribution >= 0.6 is 0 Å². The molecular formula is C15H19F2N3O. The van der Waals surface area contributed by atoms with Gasteiger partial charge in [0.25, 0.3) is 0 Å². The summed E-state index contributed by atoms with van der Waals surface area (Å²) in [7, 11) is 0. The summed E-state index contributed by atoms with van der Waals surface area (Å²) >= 11 is 0. The number of alkyl halides is 2. The van der Waals surface area contributed by atoms with Crippen molar-refractivity contribution in [3.8, 4) is 5.75 Å². The van der Waals surface area contributed by atoms with E-state index < -0.39 is 6.61 Å². The van der Waals surface area contributed by atoms with E-state index in [-0.39, 0.29) is 11.8 Å². The summed E-state index contributed by atoms with van der Waals surface area (Å²) in [5.41, 5.74) is 0.843. The normalized spacial score (nSPS) is 12.6. The van der Waals surface area contributed by atoms with E-state index in [1.165, 1.54) is 6.07 Å². The van der Waals surface area contributed by atoms with Gasteiger partial charge in [0, 0.05) is 18.9 Å². The first-order chi connectivity index (χ1) is 10.2. The van der Waals surface area contributed by atoms with Crippen molar-refractivity contribution in [1.82, 2.24) is 14.9 Å². The highest BCUT2D eigenvalue weighted by atomic mass is 19.3. The number of hydrogen-bond donors (Lipinski definition) is 1. The van der Waals surface area contributed by atoms with Crippen LogP contribution in [0.4, 0.5) is 8.78 Å². The number of imidazole rings is 1. The van der Waals surface area contributed by atoms with E-state index in [0.29, 0.717) is 0 Å². The van der Waals surface area contributed by atoms with Gasteiger partial charge in [0.15, 0.2) is 0 Å². The molecule has 0 aliphatic carbocycles. The smallest absolute Gasteiger partial charge is 0.387 e. The van der Waals surface area contributed by atoms with Gasteiger partial charge in [-0.15, -0.1) is 0 Å². The van der Waals surface area contributed by atoms with Gasteiger partial charge in [0.2, 0.25) is 0 Å². The van der Waals surface area contributed by atoms with Crippen LogP contribution in [0, 0.1) is 0 Å². The van der Waals surface area contributed by atoms with Gasteiger partial charge in [-0.3, -0.25) is 0 Å². The van der Waals surface area contributed by atoms with Gasteiger partial charge in [-0.1, -0.05) is 19.1 Å². The zero-order valence-electron chi connectivity index (χ0n) is 12.1. The van der Waals surface area contributed by atoms with Gasteiger partial charge in [-0.05, 0) is 31.2 Å². The molecule has 21 heavy (non-hydrogen) atoms. The molecule has 2 rings (SSSR count). The van der Waals surface area contributed by atoms with Crippen molar-refractivity contribution < 1.29 is 13.5 Å². The van der Waals surface area contributed by atoms with Crippen LogP contribution in [-0.4, -0.2) is 22.7 Å². The van der Waals surface area contributed by atoms with Gasteiger partial charge in [0.05, 0.1) is 6.04 Å². The largest absolute Gasteiger partial charge is 0.435 e. The lowest BCUT2D eigenvalue weighted by molar-refractivity contribution is -0.0498. The van der Waals surface area contributed by atoms with E-state index in [2.05, 4.69) is 15.0 Å². The molecule has 1 atom stereocenters. The highest BCUT2D eigenvalue weighted by Gasteiger charge is 2.18. The first-order valence-corrected chi connectivity index (χ1v) is 6.94. The fourth-order valence-electron chi connectivity index (χ4n) is 2.28. The van der Waals surface area contributed by atoms with Crippen LogP contribution in [0.5, 0.6) is 5.75 Å². The van der Waals surface area contributed by atoms with E-state index in [0.717, 1.165) is 24.5 Å². The molecule has 0 fully saturated rings. The SMILES string of the molecule is CCNC(c1cccc(OC(F)F)c1)c1nccn1CC. The van der Waals surface area contributed by atoms with Crippen LogP contribution in [0.15, 0.2) is 36.7 Å². The lowest BCUT2D eigenvalue weighted by atomic mass is 10.1. The molecule has 0 amide bonds. The number of benzene rings is 1. The maximum Gasteiger partial charge on any atom is 0.387 e. The van der Waals surface area contributed by atoms with Gasteiger partial charge < -0.3 is 14.6 Å². The summed E-state index contributed by atoms with van der Waals surface area (Å²) in [6.45, 7) is 2.73. The Morgan fingerprint density at radius 2 is 2.14 bits per heavy atom. The first-order valence-electron chi connectivity index (χ1n) is 6.94. The van der Waals surface area contributed by atoms with Crippen LogP contribution in [0.25, 0.3) is 0 Å². The Hall–Kier alpha value is -1.95. The topological polar surface area (TPSA) is 39.1 Å². The molecule has 0 saturated carbocycles. The van der Waals surface area contributed by atoms with Crippen molar-refractivity contribution in [2.24, 2.45) is 0 Å². The molecule has 0 bridgehead atoms. The molecule has 1 unspecified atom stereocenters. The Labute approximate surface area is 122 Å². The second kappa shape index (κ2) is 7.17. The second-order valence-electron chi connectivity index (χ2n) is 4.51. The lowest BCUT2D eigenvalue weighted by Crippen LogP contribution is -2.25. The summed E-state index contributed by atoms with van der Waals surface area (Å²) in [6, 6.07) is 6.56. The molecule has 0 spiro atoms. The minimum Gasteiger partial charge on any atom is -0.435 e. The molecule has 4 nitrogen and oxygen atoms in total. The summed E-state index contributed by atoms with van der Waals surface area (Å²) in [5, 5.41) is 3.33. The molecule has 1 aromatic heterocycles. The second-order valence-corrected chi connectivity index (χ2v) is 4.51. The number of nitrogens with one attached hydrogen (secondary N) is 1. The zero-order chi connectivity index (χ0) is 15.2. The minimum atomic E-state index is -2.82. The Balaban J connectivity index is 2.34. The third-order valence-electron chi connectivity index (χ3n) is 3.17. The number of ether oxygens (including phenoxy) is 1. The Morgan fingerprint density at radius 1 is 1.33 bits per heavy atom. The Bertz CT molecular complexity index is 572. The molecular weight excluding hydrogens is 276 g/mol.